The molecule has 0 spiro atoms. The van der Waals surface area contributed by atoms with E-state index in [-0.39, 0.29) is 27.2 Å². The van der Waals surface area contributed by atoms with Gasteiger partial charge < -0.3 is 15.8 Å². The van der Waals surface area contributed by atoms with Crippen LogP contribution in [0.3, 0.4) is 0 Å². The maximum absolute atomic E-state index is 11.9. The second kappa shape index (κ2) is 7.17. The van der Waals surface area contributed by atoms with Gasteiger partial charge in [-0.2, -0.15) is 0 Å². The molecular weight excluding hydrogens is 345 g/mol. The molecule has 0 saturated heterocycles. The van der Waals surface area contributed by atoms with Crippen molar-refractivity contribution in [3.05, 3.63) is 56.6 Å². The summed E-state index contributed by atoms with van der Waals surface area (Å²) in [6.07, 6.45) is 0. The number of carbonyl (C=O) groups excluding carboxylic acids is 1. The first-order chi connectivity index (χ1) is 10.9. The number of amides is 1. The molecule has 0 saturated carbocycles. The lowest BCUT2D eigenvalue weighted by Crippen LogP contribution is -2.20. The number of ether oxygens (including phenoxy) is 1. The Morgan fingerprint density at radius 2 is 1.87 bits per heavy atom. The van der Waals surface area contributed by atoms with Crippen molar-refractivity contribution in [2.75, 3.05) is 17.7 Å². The van der Waals surface area contributed by atoms with E-state index in [0.29, 0.717) is 5.69 Å². The van der Waals surface area contributed by atoms with E-state index in [1.165, 1.54) is 30.3 Å². The highest BCUT2D eigenvalue weighted by molar-refractivity contribution is 6.39. The van der Waals surface area contributed by atoms with Gasteiger partial charge in [0, 0.05) is 11.8 Å². The molecule has 0 unspecified atom stereocenters. The lowest BCUT2D eigenvalue weighted by molar-refractivity contribution is -0.385. The van der Waals surface area contributed by atoms with Crippen molar-refractivity contribution >= 4 is 46.2 Å². The largest absolute Gasteiger partial charge is 0.477 e. The third-order valence-corrected chi connectivity index (χ3v) is 3.41. The van der Waals surface area contributed by atoms with Gasteiger partial charge in [0.15, 0.2) is 12.4 Å². The monoisotopic (exact) mass is 355 g/mol. The average molecular weight is 356 g/mol. The number of rotatable bonds is 5. The number of para-hydroxylation sites is 2. The summed E-state index contributed by atoms with van der Waals surface area (Å²) in [5.74, 6) is -0.527. The molecule has 0 aromatic heterocycles. The summed E-state index contributed by atoms with van der Waals surface area (Å²) in [4.78, 5) is 22.1. The van der Waals surface area contributed by atoms with E-state index in [4.69, 9.17) is 33.7 Å². The number of nitro groups is 1. The van der Waals surface area contributed by atoms with Gasteiger partial charge in [0.2, 0.25) is 0 Å². The molecule has 0 atom stereocenters. The number of nitro benzene ring substituents is 1. The number of carbonyl (C=O) groups is 1. The zero-order valence-corrected chi connectivity index (χ0v) is 13.1. The van der Waals surface area contributed by atoms with E-state index in [2.05, 4.69) is 5.32 Å². The molecule has 0 aliphatic heterocycles. The highest BCUT2D eigenvalue weighted by Crippen LogP contribution is 2.31. The van der Waals surface area contributed by atoms with E-state index in [0.717, 1.165) is 0 Å². The van der Waals surface area contributed by atoms with Crippen LogP contribution in [-0.4, -0.2) is 17.4 Å². The zero-order chi connectivity index (χ0) is 17.0. The average Bonchev–Trinajstić information content (AvgIpc) is 2.50. The predicted molar refractivity (Wildman–Crippen MR) is 88.1 cm³/mol. The fourth-order valence-corrected chi connectivity index (χ4v) is 2.21. The standard InChI is InChI=1S/C14H11Cl2N3O4/c15-9-5-8(6-10(16)14(9)17)18-13(20)7-23-12-4-2-1-3-11(12)19(21)22/h1-6H,7,17H2,(H,18,20). The second-order valence-corrected chi connectivity index (χ2v) is 5.23. The number of nitrogen functional groups attached to an aromatic ring is 1. The number of nitrogens with two attached hydrogens (primary N) is 1. The number of halogens is 2. The first-order valence-corrected chi connectivity index (χ1v) is 7.04. The van der Waals surface area contributed by atoms with Gasteiger partial charge in [-0.15, -0.1) is 0 Å². The molecule has 3 N–H and O–H groups in total. The van der Waals surface area contributed by atoms with E-state index >= 15 is 0 Å². The van der Waals surface area contributed by atoms with Crippen LogP contribution in [0.1, 0.15) is 0 Å². The minimum Gasteiger partial charge on any atom is -0.477 e. The fraction of sp³-hybridized carbons (Fsp3) is 0.0714. The summed E-state index contributed by atoms with van der Waals surface area (Å²) in [5, 5.41) is 13.8. The highest BCUT2D eigenvalue weighted by atomic mass is 35.5. The molecule has 0 heterocycles. The van der Waals surface area contributed by atoms with Gasteiger partial charge in [-0.1, -0.05) is 35.3 Å². The highest BCUT2D eigenvalue weighted by Gasteiger charge is 2.15. The van der Waals surface area contributed by atoms with Crippen molar-refractivity contribution in [2.45, 2.75) is 0 Å². The molecule has 2 aromatic carbocycles. The minimum atomic E-state index is -0.591. The molecular formula is C14H11Cl2N3O4. The van der Waals surface area contributed by atoms with E-state index in [9.17, 15) is 14.9 Å². The Labute approximate surface area is 141 Å². The van der Waals surface area contributed by atoms with Gasteiger partial charge in [-0.05, 0) is 18.2 Å². The van der Waals surface area contributed by atoms with Crippen LogP contribution in [-0.2, 0) is 4.79 Å². The summed E-state index contributed by atoms with van der Waals surface area (Å²) >= 11 is 11.7. The first kappa shape index (κ1) is 16.9. The smallest absolute Gasteiger partial charge is 0.310 e. The van der Waals surface area contributed by atoms with Crippen molar-refractivity contribution in [3.63, 3.8) is 0 Å². The van der Waals surface area contributed by atoms with Crippen LogP contribution in [0, 0.1) is 10.1 Å². The third-order valence-electron chi connectivity index (χ3n) is 2.78. The Bertz CT molecular complexity index is 744. The van der Waals surface area contributed by atoms with Crippen molar-refractivity contribution in [2.24, 2.45) is 0 Å². The SMILES string of the molecule is Nc1c(Cl)cc(NC(=O)COc2ccccc2[N+](=O)[O-])cc1Cl. The first-order valence-electron chi connectivity index (χ1n) is 6.29. The summed E-state index contributed by atoms with van der Waals surface area (Å²) in [7, 11) is 0. The second-order valence-electron chi connectivity index (χ2n) is 4.42. The zero-order valence-electron chi connectivity index (χ0n) is 11.6. The molecule has 0 radical (unpaired) electrons. The van der Waals surface area contributed by atoms with Crippen molar-refractivity contribution in [1.29, 1.82) is 0 Å². The maximum Gasteiger partial charge on any atom is 0.310 e. The number of nitrogens with zero attached hydrogens (tertiary/aromatic N) is 1. The fourth-order valence-electron chi connectivity index (χ4n) is 1.73. The third kappa shape index (κ3) is 4.24. The lowest BCUT2D eigenvalue weighted by Gasteiger charge is -2.09. The number of hydrogen-bond acceptors (Lipinski definition) is 5. The number of hydrogen-bond donors (Lipinski definition) is 2. The molecule has 23 heavy (non-hydrogen) atoms. The van der Waals surface area contributed by atoms with Crippen LogP contribution in [0.2, 0.25) is 10.0 Å². The predicted octanol–water partition coefficient (Wildman–Crippen LogP) is 3.50. The van der Waals surface area contributed by atoms with Gasteiger partial charge in [0.05, 0.1) is 20.7 Å². The van der Waals surface area contributed by atoms with Gasteiger partial charge in [-0.3, -0.25) is 14.9 Å². The molecule has 0 fully saturated rings. The van der Waals surface area contributed by atoms with Crippen molar-refractivity contribution in [3.8, 4) is 5.75 Å². The summed E-state index contributed by atoms with van der Waals surface area (Å²) in [6, 6.07) is 8.63. The molecule has 1 amide bonds. The Kier molecular flexibility index (Phi) is 5.25. The summed E-state index contributed by atoms with van der Waals surface area (Å²) in [6.45, 7) is -0.412. The van der Waals surface area contributed by atoms with Crippen LogP contribution in [0.25, 0.3) is 0 Å². The molecule has 0 aliphatic carbocycles. The Morgan fingerprint density at radius 1 is 1.26 bits per heavy atom. The molecule has 9 heteroatoms. The number of nitrogens with one attached hydrogen (secondary N) is 1. The topological polar surface area (TPSA) is 107 Å². The van der Waals surface area contributed by atoms with Gasteiger partial charge in [-0.25, -0.2) is 0 Å². The number of anilines is 2. The molecule has 2 aromatic rings. The van der Waals surface area contributed by atoms with Crippen molar-refractivity contribution < 1.29 is 14.5 Å². The summed E-state index contributed by atoms with van der Waals surface area (Å²) in [5.41, 5.74) is 5.92. The van der Waals surface area contributed by atoms with Crippen LogP contribution in [0.15, 0.2) is 36.4 Å². The Hall–Kier alpha value is -2.51. The van der Waals surface area contributed by atoms with E-state index < -0.39 is 17.4 Å². The molecule has 120 valence electrons. The normalized spacial score (nSPS) is 10.2. The Balaban J connectivity index is 2.03. The maximum atomic E-state index is 11.9. The molecule has 2 rings (SSSR count). The molecule has 0 aliphatic rings. The van der Waals surface area contributed by atoms with Gasteiger partial charge in [0.1, 0.15) is 0 Å². The van der Waals surface area contributed by atoms with Crippen LogP contribution in [0.5, 0.6) is 5.75 Å². The Morgan fingerprint density at radius 3 is 2.48 bits per heavy atom. The summed E-state index contributed by atoms with van der Waals surface area (Å²) < 4.78 is 5.17. The van der Waals surface area contributed by atoms with Crippen LogP contribution >= 0.6 is 23.2 Å². The quantitative estimate of drug-likeness (QED) is 0.484. The van der Waals surface area contributed by atoms with Crippen LogP contribution in [0.4, 0.5) is 17.1 Å². The lowest BCUT2D eigenvalue weighted by atomic mass is 10.3. The number of benzene rings is 2. The van der Waals surface area contributed by atoms with Gasteiger partial charge >= 0.3 is 5.69 Å². The molecule has 7 nitrogen and oxygen atoms in total. The minimum absolute atomic E-state index is 0.000945. The molecule has 0 bridgehead atoms. The van der Waals surface area contributed by atoms with E-state index in [1.807, 2.05) is 0 Å². The van der Waals surface area contributed by atoms with Gasteiger partial charge in [0.25, 0.3) is 5.91 Å². The van der Waals surface area contributed by atoms with E-state index in [1.54, 1.807) is 6.07 Å². The van der Waals surface area contributed by atoms with Crippen LogP contribution < -0.4 is 15.8 Å². The van der Waals surface area contributed by atoms with Crippen molar-refractivity contribution in [1.82, 2.24) is 0 Å².